The number of piperidine rings is 1. The van der Waals surface area contributed by atoms with Crippen molar-refractivity contribution in [1.29, 1.82) is 0 Å². The first-order valence-corrected chi connectivity index (χ1v) is 10.6. The number of carbonyl (C=O) groups is 4. The molecule has 4 amide bonds. The third kappa shape index (κ3) is 7.36. The molecular weight excluding hydrogens is 491 g/mol. The average Bonchev–Trinajstić information content (AvgIpc) is 3.03. The third-order valence-electron chi connectivity index (χ3n) is 5.04. The van der Waals surface area contributed by atoms with Crippen LogP contribution in [0.2, 0.25) is 0 Å². The van der Waals surface area contributed by atoms with Crippen molar-refractivity contribution < 1.29 is 33.4 Å². The van der Waals surface area contributed by atoms with E-state index in [1.165, 1.54) is 0 Å². The molecule has 34 heavy (non-hydrogen) atoms. The summed E-state index contributed by atoms with van der Waals surface area (Å²) >= 11 is 0. The summed E-state index contributed by atoms with van der Waals surface area (Å²) < 4.78 is 16.1. The fourth-order valence-corrected chi connectivity index (χ4v) is 3.55. The Hall–Kier alpha value is -2.28. The Labute approximate surface area is 209 Å². The highest BCUT2D eigenvalue weighted by Gasteiger charge is 2.45. The number of amides is 4. The number of nitrogens with zero attached hydrogens (tertiary/aromatic N) is 1. The molecule has 1 aromatic carbocycles. The van der Waals surface area contributed by atoms with Gasteiger partial charge in [0.15, 0.2) is 0 Å². The van der Waals surface area contributed by atoms with Gasteiger partial charge in [0, 0.05) is 25.2 Å². The number of nitrogens with one attached hydrogen (secondary N) is 2. The lowest BCUT2D eigenvalue weighted by Crippen LogP contribution is -2.54. The predicted molar refractivity (Wildman–Crippen MR) is 128 cm³/mol. The van der Waals surface area contributed by atoms with Crippen molar-refractivity contribution in [2.75, 3.05) is 58.0 Å². The highest BCUT2D eigenvalue weighted by Crippen LogP contribution is 2.32. The van der Waals surface area contributed by atoms with Gasteiger partial charge >= 0.3 is 0 Å². The summed E-state index contributed by atoms with van der Waals surface area (Å²) in [5.74, 6) is -2.12. The molecule has 0 radical (unpaired) electrons. The Morgan fingerprint density at radius 2 is 1.59 bits per heavy atom. The molecule has 2 aliphatic rings. The van der Waals surface area contributed by atoms with E-state index < -0.39 is 29.7 Å². The first-order chi connectivity index (χ1) is 15.5. The predicted octanol–water partition coefficient (Wildman–Crippen LogP) is 0.352. The molecule has 0 saturated carbocycles. The van der Waals surface area contributed by atoms with Crippen LogP contribution in [0.5, 0.6) is 0 Å². The van der Waals surface area contributed by atoms with Gasteiger partial charge in [0.05, 0.1) is 50.8 Å². The molecule has 2 aliphatic heterocycles. The zero-order valence-corrected chi connectivity index (χ0v) is 20.2. The van der Waals surface area contributed by atoms with E-state index in [0.717, 1.165) is 4.90 Å². The topological polar surface area (TPSA) is 149 Å². The van der Waals surface area contributed by atoms with Crippen molar-refractivity contribution in [2.45, 2.75) is 18.9 Å². The molecule has 0 aromatic heterocycles. The van der Waals surface area contributed by atoms with Gasteiger partial charge in [-0.05, 0) is 18.6 Å². The van der Waals surface area contributed by atoms with Crippen molar-refractivity contribution in [3.8, 4) is 0 Å². The minimum atomic E-state index is -0.989. The molecular formula is C21H30Cl2N4O7. The molecule has 4 N–H and O–H groups in total. The Morgan fingerprint density at radius 3 is 2.24 bits per heavy atom. The number of hydrogen-bond donors (Lipinski definition) is 3. The lowest BCUT2D eigenvalue weighted by atomic mass is 10.0. The van der Waals surface area contributed by atoms with Gasteiger partial charge in [0.1, 0.15) is 6.04 Å². The van der Waals surface area contributed by atoms with E-state index in [9.17, 15) is 19.2 Å². The van der Waals surface area contributed by atoms with Crippen LogP contribution >= 0.6 is 24.8 Å². The standard InChI is InChI=1S/C21H28N4O7.2ClH/c22-6-8-30-10-12-32-13-11-31-9-7-23-15-3-1-2-14-18(15)21(29)25(20(14)28)16-4-5-17(26)24-19(16)27;;/h1-3,16,23H,4-13,22H2,(H,24,26,27);2*1H. The maximum Gasteiger partial charge on any atom is 0.264 e. The summed E-state index contributed by atoms with van der Waals surface area (Å²) in [6, 6.07) is 3.93. The van der Waals surface area contributed by atoms with Gasteiger partial charge in [-0.15, -0.1) is 24.8 Å². The summed E-state index contributed by atoms with van der Waals surface area (Å²) in [5, 5.41) is 5.30. The highest BCUT2D eigenvalue weighted by atomic mass is 35.5. The molecule has 1 atom stereocenters. The number of carbonyl (C=O) groups excluding carboxylic acids is 4. The number of nitrogens with two attached hydrogens (primary N) is 1. The second-order valence-corrected chi connectivity index (χ2v) is 7.23. The van der Waals surface area contributed by atoms with Gasteiger partial charge < -0.3 is 25.3 Å². The maximum atomic E-state index is 13.0. The summed E-state index contributed by atoms with van der Waals surface area (Å²) in [7, 11) is 0. The van der Waals surface area contributed by atoms with Crippen molar-refractivity contribution in [1.82, 2.24) is 10.2 Å². The van der Waals surface area contributed by atoms with E-state index in [1.807, 2.05) is 0 Å². The van der Waals surface area contributed by atoms with Crippen molar-refractivity contribution >= 4 is 54.1 Å². The summed E-state index contributed by atoms with van der Waals surface area (Å²) in [4.78, 5) is 50.3. The number of ether oxygens (including phenoxy) is 3. The maximum absolute atomic E-state index is 13.0. The Balaban J connectivity index is 0.00000289. The zero-order chi connectivity index (χ0) is 22.9. The van der Waals surface area contributed by atoms with E-state index in [4.69, 9.17) is 19.9 Å². The van der Waals surface area contributed by atoms with Crippen LogP contribution in [-0.2, 0) is 23.8 Å². The molecule has 1 fully saturated rings. The monoisotopic (exact) mass is 520 g/mol. The molecule has 0 bridgehead atoms. The van der Waals surface area contributed by atoms with E-state index in [2.05, 4.69) is 10.6 Å². The Morgan fingerprint density at radius 1 is 0.941 bits per heavy atom. The first-order valence-electron chi connectivity index (χ1n) is 10.6. The Bertz CT molecular complexity index is 872. The summed E-state index contributed by atoms with van der Waals surface area (Å²) in [5.41, 5.74) is 6.27. The first kappa shape index (κ1) is 29.8. The van der Waals surface area contributed by atoms with Crippen molar-refractivity contribution in [3.05, 3.63) is 29.3 Å². The number of rotatable bonds is 13. The average molecular weight is 521 g/mol. The van der Waals surface area contributed by atoms with Crippen LogP contribution in [0.1, 0.15) is 33.6 Å². The van der Waals surface area contributed by atoms with Crippen LogP contribution in [0.4, 0.5) is 5.69 Å². The fourth-order valence-electron chi connectivity index (χ4n) is 3.55. The van der Waals surface area contributed by atoms with Crippen LogP contribution in [0, 0.1) is 0 Å². The second-order valence-electron chi connectivity index (χ2n) is 7.23. The molecule has 1 aromatic rings. The molecule has 1 saturated heterocycles. The molecule has 0 spiro atoms. The number of hydrogen-bond acceptors (Lipinski definition) is 9. The fraction of sp³-hybridized carbons (Fsp3) is 0.524. The van der Waals surface area contributed by atoms with Crippen LogP contribution < -0.4 is 16.4 Å². The van der Waals surface area contributed by atoms with E-state index >= 15 is 0 Å². The number of benzene rings is 1. The van der Waals surface area contributed by atoms with Crippen LogP contribution in [0.15, 0.2) is 18.2 Å². The van der Waals surface area contributed by atoms with Gasteiger partial charge in [-0.25, -0.2) is 0 Å². The van der Waals surface area contributed by atoms with Gasteiger partial charge in [0.25, 0.3) is 11.8 Å². The van der Waals surface area contributed by atoms with Gasteiger partial charge in [-0.3, -0.25) is 29.4 Å². The third-order valence-corrected chi connectivity index (χ3v) is 5.04. The highest BCUT2D eigenvalue weighted by molar-refractivity contribution is 6.25. The summed E-state index contributed by atoms with van der Waals surface area (Å²) in [6.45, 7) is 3.57. The van der Waals surface area contributed by atoms with E-state index in [0.29, 0.717) is 58.4 Å². The minimum absolute atomic E-state index is 0. The summed E-state index contributed by atoms with van der Waals surface area (Å²) in [6.07, 6.45) is 0.199. The minimum Gasteiger partial charge on any atom is -0.382 e. The quantitative estimate of drug-likeness (QED) is 0.247. The molecule has 1 unspecified atom stereocenters. The Kier molecular flexibility index (Phi) is 13.0. The number of fused-ring (bicyclic) bond motifs is 1. The van der Waals surface area contributed by atoms with Crippen LogP contribution in [0.25, 0.3) is 0 Å². The largest absolute Gasteiger partial charge is 0.382 e. The van der Waals surface area contributed by atoms with Gasteiger partial charge in [0.2, 0.25) is 11.8 Å². The number of anilines is 1. The molecule has 2 heterocycles. The SMILES string of the molecule is Cl.Cl.NCCOCCOCCOCCNc1cccc2c1C(=O)N(C1CCC(=O)NC1=O)C2=O. The second kappa shape index (κ2) is 14.9. The number of imide groups is 2. The van der Waals surface area contributed by atoms with Crippen LogP contribution in [-0.4, -0.2) is 87.3 Å². The lowest BCUT2D eigenvalue weighted by Gasteiger charge is -2.27. The van der Waals surface area contributed by atoms with Gasteiger partial charge in [-0.1, -0.05) is 6.07 Å². The van der Waals surface area contributed by atoms with Crippen molar-refractivity contribution in [3.63, 3.8) is 0 Å². The number of halogens is 2. The van der Waals surface area contributed by atoms with E-state index in [-0.39, 0.29) is 48.8 Å². The lowest BCUT2D eigenvalue weighted by molar-refractivity contribution is -0.136. The molecule has 3 rings (SSSR count). The molecule has 0 aliphatic carbocycles. The molecule has 190 valence electrons. The van der Waals surface area contributed by atoms with E-state index in [1.54, 1.807) is 18.2 Å². The normalized spacial score (nSPS) is 17.1. The van der Waals surface area contributed by atoms with Crippen molar-refractivity contribution in [2.24, 2.45) is 5.73 Å². The smallest absolute Gasteiger partial charge is 0.264 e. The van der Waals surface area contributed by atoms with Crippen LogP contribution in [0.3, 0.4) is 0 Å². The molecule has 11 nitrogen and oxygen atoms in total. The zero-order valence-electron chi connectivity index (χ0n) is 18.6. The molecule has 13 heteroatoms. The van der Waals surface area contributed by atoms with Gasteiger partial charge in [-0.2, -0.15) is 0 Å².